The highest BCUT2D eigenvalue weighted by Gasteiger charge is 2.16. The van der Waals surface area contributed by atoms with Crippen LogP contribution in [-0.2, 0) is 0 Å². The molecule has 0 bridgehead atoms. The van der Waals surface area contributed by atoms with Crippen molar-refractivity contribution in [3.05, 3.63) is 57.9 Å². The molecule has 24 heavy (non-hydrogen) atoms. The first kappa shape index (κ1) is 18.1. The van der Waals surface area contributed by atoms with E-state index in [-0.39, 0.29) is 17.0 Å². The Labute approximate surface area is 145 Å². The van der Waals surface area contributed by atoms with Crippen LogP contribution < -0.4 is 14.8 Å². The van der Waals surface area contributed by atoms with E-state index in [0.29, 0.717) is 22.6 Å². The Bertz CT molecular complexity index is 739. The Morgan fingerprint density at radius 3 is 2.25 bits per heavy atom. The van der Waals surface area contributed by atoms with Crippen LogP contribution in [0.15, 0.2) is 30.3 Å². The number of rotatable bonds is 5. The third-order valence-electron chi connectivity index (χ3n) is 3.81. The highest BCUT2D eigenvalue weighted by molar-refractivity contribution is 6.30. The number of hydrogen-bond donors (Lipinski definition) is 1. The third kappa shape index (κ3) is 3.79. The molecule has 0 fully saturated rings. The molecule has 2 aromatic carbocycles. The maximum atomic E-state index is 13.2. The molecule has 0 aliphatic heterocycles. The Hall–Kier alpha value is -2.27. The molecule has 1 unspecified atom stereocenters. The molecule has 1 atom stereocenters. The number of carbonyl (C=O) groups excluding carboxylic acids is 1. The second kappa shape index (κ2) is 7.53. The van der Waals surface area contributed by atoms with Crippen molar-refractivity contribution in [1.82, 2.24) is 5.32 Å². The topological polar surface area (TPSA) is 47.6 Å². The minimum atomic E-state index is -0.494. The van der Waals surface area contributed by atoms with Crippen LogP contribution in [0.1, 0.15) is 34.5 Å². The Kier molecular flexibility index (Phi) is 5.67. The van der Waals surface area contributed by atoms with Crippen LogP contribution in [-0.4, -0.2) is 20.1 Å². The summed E-state index contributed by atoms with van der Waals surface area (Å²) in [6.45, 7) is 3.65. The van der Waals surface area contributed by atoms with Crippen molar-refractivity contribution >= 4 is 17.5 Å². The molecule has 0 saturated heterocycles. The molecular formula is C18H19ClFNO3. The quantitative estimate of drug-likeness (QED) is 0.873. The maximum absolute atomic E-state index is 13.2. The maximum Gasteiger partial charge on any atom is 0.252 e. The van der Waals surface area contributed by atoms with Crippen LogP contribution >= 0.6 is 11.6 Å². The first-order valence-electron chi connectivity index (χ1n) is 7.35. The molecule has 0 aliphatic rings. The summed E-state index contributed by atoms with van der Waals surface area (Å²) in [5, 5.41) is 2.87. The van der Waals surface area contributed by atoms with Crippen molar-refractivity contribution in [3.8, 4) is 11.5 Å². The van der Waals surface area contributed by atoms with Crippen LogP contribution in [0.5, 0.6) is 11.5 Å². The van der Waals surface area contributed by atoms with E-state index in [1.165, 1.54) is 26.4 Å². The number of carbonyl (C=O) groups is 1. The second-order valence-electron chi connectivity index (χ2n) is 5.37. The summed E-state index contributed by atoms with van der Waals surface area (Å²) in [5.41, 5.74) is 1.94. The molecule has 2 rings (SSSR count). The highest BCUT2D eigenvalue weighted by atomic mass is 35.5. The van der Waals surface area contributed by atoms with Crippen molar-refractivity contribution < 1.29 is 18.7 Å². The lowest BCUT2D eigenvalue weighted by Crippen LogP contribution is -2.26. The van der Waals surface area contributed by atoms with E-state index in [4.69, 9.17) is 21.1 Å². The predicted octanol–water partition coefficient (Wildman–Crippen LogP) is 4.30. The van der Waals surface area contributed by atoms with Crippen LogP contribution in [0.25, 0.3) is 0 Å². The van der Waals surface area contributed by atoms with Gasteiger partial charge in [-0.3, -0.25) is 4.79 Å². The summed E-state index contributed by atoms with van der Waals surface area (Å²) in [4.78, 5) is 12.5. The first-order chi connectivity index (χ1) is 11.4. The molecule has 0 aliphatic carbocycles. The van der Waals surface area contributed by atoms with Crippen molar-refractivity contribution in [2.24, 2.45) is 0 Å². The number of amides is 1. The molecule has 4 nitrogen and oxygen atoms in total. The standard InChI is InChI=1S/C18H19ClFNO3/c1-10-16(23-3)8-13(9-17(10)24-4)18(22)21-11(2)12-5-6-15(20)14(19)7-12/h5-9,11H,1-4H3,(H,21,22). The molecule has 1 N–H and O–H groups in total. The van der Waals surface area contributed by atoms with Crippen molar-refractivity contribution in [2.75, 3.05) is 14.2 Å². The van der Waals surface area contributed by atoms with E-state index in [1.807, 2.05) is 6.92 Å². The van der Waals surface area contributed by atoms with Crippen LogP contribution in [0, 0.1) is 12.7 Å². The van der Waals surface area contributed by atoms with Gasteiger partial charge in [-0.2, -0.15) is 0 Å². The van der Waals surface area contributed by atoms with E-state index < -0.39 is 5.82 Å². The summed E-state index contributed by atoms with van der Waals surface area (Å²) in [7, 11) is 3.07. The van der Waals surface area contributed by atoms with Gasteiger partial charge in [-0.25, -0.2) is 4.39 Å². The van der Waals surface area contributed by atoms with Gasteiger partial charge in [0.1, 0.15) is 17.3 Å². The summed E-state index contributed by atoms with van der Waals surface area (Å²) < 4.78 is 23.8. The second-order valence-corrected chi connectivity index (χ2v) is 5.78. The SMILES string of the molecule is COc1cc(C(=O)NC(C)c2ccc(F)c(Cl)c2)cc(OC)c1C. The molecule has 0 aromatic heterocycles. The summed E-state index contributed by atoms with van der Waals surface area (Å²) >= 11 is 5.79. The van der Waals surface area contributed by atoms with E-state index >= 15 is 0 Å². The summed E-state index contributed by atoms with van der Waals surface area (Å²) in [6.07, 6.45) is 0. The smallest absolute Gasteiger partial charge is 0.252 e. The Balaban J connectivity index is 2.24. The van der Waals surface area contributed by atoms with Crippen LogP contribution in [0.3, 0.4) is 0 Å². The van der Waals surface area contributed by atoms with Gasteiger partial charge in [-0.1, -0.05) is 17.7 Å². The minimum Gasteiger partial charge on any atom is -0.496 e. The van der Waals surface area contributed by atoms with E-state index in [1.54, 1.807) is 25.1 Å². The molecule has 1 amide bonds. The monoisotopic (exact) mass is 351 g/mol. The largest absolute Gasteiger partial charge is 0.496 e. The van der Waals surface area contributed by atoms with E-state index in [9.17, 15) is 9.18 Å². The number of nitrogens with one attached hydrogen (secondary N) is 1. The number of halogens is 2. The zero-order valence-electron chi connectivity index (χ0n) is 13.9. The van der Waals surface area contributed by atoms with Crippen molar-refractivity contribution in [1.29, 1.82) is 0 Å². The van der Waals surface area contributed by atoms with Gasteiger partial charge in [-0.15, -0.1) is 0 Å². The van der Waals surface area contributed by atoms with Gasteiger partial charge >= 0.3 is 0 Å². The molecule has 6 heteroatoms. The zero-order chi connectivity index (χ0) is 17.9. The number of methoxy groups -OCH3 is 2. The fraction of sp³-hybridized carbons (Fsp3) is 0.278. The average molecular weight is 352 g/mol. The van der Waals surface area contributed by atoms with E-state index in [2.05, 4.69) is 5.32 Å². The van der Waals surface area contributed by atoms with Gasteiger partial charge < -0.3 is 14.8 Å². The van der Waals surface area contributed by atoms with Gasteiger partial charge in [0.15, 0.2) is 0 Å². The molecular weight excluding hydrogens is 333 g/mol. The van der Waals surface area contributed by atoms with E-state index in [0.717, 1.165) is 5.56 Å². The lowest BCUT2D eigenvalue weighted by molar-refractivity contribution is 0.0939. The first-order valence-corrected chi connectivity index (χ1v) is 7.73. The van der Waals surface area contributed by atoms with Gasteiger partial charge in [-0.05, 0) is 43.7 Å². The average Bonchev–Trinajstić information content (AvgIpc) is 2.57. The van der Waals surface area contributed by atoms with Gasteiger partial charge in [0.25, 0.3) is 5.91 Å². The number of hydrogen-bond acceptors (Lipinski definition) is 3. The zero-order valence-corrected chi connectivity index (χ0v) is 14.7. The highest BCUT2D eigenvalue weighted by Crippen LogP contribution is 2.30. The Morgan fingerprint density at radius 2 is 1.75 bits per heavy atom. The van der Waals surface area contributed by atoms with Crippen molar-refractivity contribution in [3.63, 3.8) is 0 Å². The lowest BCUT2D eigenvalue weighted by atomic mass is 10.1. The minimum absolute atomic E-state index is 0.0206. The Morgan fingerprint density at radius 1 is 1.17 bits per heavy atom. The molecule has 0 spiro atoms. The van der Waals surface area contributed by atoms with Gasteiger partial charge in [0.2, 0.25) is 0 Å². The lowest BCUT2D eigenvalue weighted by Gasteiger charge is -2.17. The summed E-state index contributed by atoms with van der Waals surface area (Å²) in [6, 6.07) is 7.32. The number of benzene rings is 2. The number of ether oxygens (including phenoxy) is 2. The normalized spacial score (nSPS) is 11.8. The van der Waals surface area contributed by atoms with Crippen LogP contribution in [0.4, 0.5) is 4.39 Å². The molecule has 0 radical (unpaired) electrons. The molecule has 0 saturated carbocycles. The summed E-state index contributed by atoms with van der Waals surface area (Å²) in [5.74, 6) is 0.348. The van der Waals surface area contributed by atoms with Gasteiger partial charge in [0, 0.05) is 11.1 Å². The molecule has 128 valence electrons. The van der Waals surface area contributed by atoms with Crippen molar-refractivity contribution in [2.45, 2.75) is 19.9 Å². The fourth-order valence-electron chi connectivity index (χ4n) is 2.36. The fourth-order valence-corrected chi connectivity index (χ4v) is 2.55. The third-order valence-corrected chi connectivity index (χ3v) is 4.10. The van der Waals surface area contributed by atoms with Gasteiger partial charge in [0.05, 0.1) is 25.3 Å². The molecule has 2 aromatic rings. The van der Waals surface area contributed by atoms with Crippen LogP contribution in [0.2, 0.25) is 5.02 Å². The predicted molar refractivity (Wildman–Crippen MR) is 91.6 cm³/mol. The molecule has 0 heterocycles.